The van der Waals surface area contributed by atoms with Crippen molar-refractivity contribution in [3.05, 3.63) is 40.8 Å². The van der Waals surface area contributed by atoms with Gasteiger partial charge in [-0.3, -0.25) is 9.59 Å². The van der Waals surface area contributed by atoms with Gasteiger partial charge in [-0.15, -0.1) is 0 Å². The van der Waals surface area contributed by atoms with Crippen LogP contribution >= 0.6 is 15.9 Å². The van der Waals surface area contributed by atoms with Gasteiger partial charge in [0, 0.05) is 11.8 Å². The summed E-state index contributed by atoms with van der Waals surface area (Å²) >= 11 is 3.16. The van der Waals surface area contributed by atoms with Gasteiger partial charge >= 0.3 is 11.8 Å². The zero-order chi connectivity index (χ0) is 15.5. The summed E-state index contributed by atoms with van der Waals surface area (Å²) in [6.45, 7) is 0.269. The number of nitrogens with one attached hydrogen (secondary N) is 2. The maximum Gasteiger partial charge on any atom is 0.313 e. The van der Waals surface area contributed by atoms with Crippen molar-refractivity contribution >= 4 is 33.4 Å². The Morgan fingerprint density at radius 1 is 1.09 bits per heavy atom. The lowest BCUT2D eigenvalue weighted by Gasteiger charge is -2.06. The molecule has 0 unspecified atom stereocenters. The van der Waals surface area contributed by atoms with E-state index in [1.54, 1.807) is 30.3 Å². The number of furan rings is 1. The van der Waals surface area contributed by atoms with Crippen molar-refractivity contribution in [2.45, 2.75) is 6.54 Å². The molecule has 0 saturated carbocycles. The van der Waals surface area contributed by atoms with Crippen molar-refractivity contribution in [1.82, 2.24) is 5.32 Å². The Labute approximate surface area is 133 Å². The van der Waals surface area contributed by atoms with Crippen LogP contribution in [0.4, 0.5) is 5.69 Å². The van der Waals surface area contributed by atoms with E-state index in [1.165, 1.54) is 0 Å². The normalized spacial score (nSPS) is 12.0. The molecule has 3 rings (SSSR count). The number of anilines is 1. The number of amides is 2. The maximum atomic E-state index is 11.8. The molecule has 1 aliphatic rings. The van der Waals surface area contributed by atoms with Gasteiger partial charge in [0.15, 0.2) is 16.2 Å². The maximum absolute atomic E-state index is 11.8. The first kappa shape index (κ1) is 14.5. The number of benzene rings is 1. The van der Waals surface area contributed by atoms with Crippen LogP contribution in [0.25, 0.3) is 0 Å². The van der Waals surface area contributed by atoms with E-state index in [0.29, 0.717) is 27.6 Å². The fraction of sp³-hybridized carbons (Fsp3) is 0.143. The largest absolute Gasteiger partial charge is 0.454 e. The van der Waals surface area contributed by atoms with Gasteiger partial charge in [-0.25, -0.2) is 0 Å². The summed E-state index contributed by atoms with van der Waals surface area (Å²) in [6.07, 6.45) is 0. The minimum atomic E-state index is -0.774. The second-order valence-electron chi connectivity index (χ2n) is 4.41. The quantitative estimate of drug-likeness (QED) is 0.811. The second-order valence-corrected chi connectivity index (χ2v) is 5.19. The molecule has 0 spiro atoms. The van der Waals surface area contributed by atoms with E-state index in [4.69, 9.17) is 13.9 Å². The summed E-state index contributed by atoms with van der Waals surface area (Å²) in [5.41, 5.74) is 0.449. The first-order chi connectivity index (χ1) is 10.6. The van der Waals surface area contributed by atoms with Gasteiger partial charge in [-0.05, 0) is 40.2 Å². The van der Waals surface area contributed by atoms with Crippen molar-refractivity contribution in [2.24, 2.45) is 0 Å². The molecule has 7 nitrogen and oxygen atoms in total. The third kappa shape index (κ3) is 3.22. The predicted molar refractivity (Wildman–Crippen MR) is 79.4 cm³/mol. The molecule has 2 heterocycles. The van der Waals surface area contributed by atoms with Crippen molar-refractivity contribution in [3.63, 3.8) is 0 Å². The number of carbonyl (C=O) groups excluding carboxylic acids is 2. The lowest BCUT2D eigenvalue weighted by atomic mass is 10.2. The second kappa shape index (κ2) is 6.10. The zero-order valence-corrected chi connectivity index (χ0v) is 12.8. The van der Waals surface area contributed by atoms with Crippen LogP contribution in [-0.2, 0) is 16.1 Å². The van der Waals surface area contributed by atoms with Crippen LogP contribution in [0.5, 0.6) is 11.5 Å². The smallest absolute Gasteiger partial charge is 0.313 e. The van der Waals surface area contributed by atoms with Gasteiger partial charge in [0.1, 0.15) is 5.76 Å². The van der Waals surface area contributed by atoms with Crippen LogP contribution in [0.1, 0.15) is 5.76 Å². The van der Waals surface area contributed by atoms with E-state index in [1.807, 2.05) is 0 Å². The summed E-state index contributed by atoms with van der Waals surface area (Å²) in [5, 5.41) is 4.95. The first-order valence-corrected chi connectivity index (χ1v) is 7.14. The SMILES string of the molecule is O=C(NCc1ccc(Br)o1)C(=O)Nc1ccc2c(c1)OCO2. The molecule has 1 aromatic heterocycles. The zero-order valence-electron chi connectivity index (χ0n) is 11.2. The molecule has 0 saturated heterocycles. The van der Waals surface area contributed by atoms with E-state index in [0.717, 1.165) is 0 Å². The number of hydrogen-bond donors (Lipinski definition) is 2. The molecular formula is C14H11BrN2O5. The summed E-state index contributed by atoms with van der Waals surface area (Å²) < 4.78 is 16.1. The van der Waals surface area contributed by atoms with E-state index in [2.05, 4.69) is 26.6 Å². The molecule has 0 bridgehead atoms. The Bertz CT molecular complexity index is 728. The number of fused-ring (bicyclic) bond motifs is 1. The minimum absolute atomic E-state index is 0.124. The van der Waals surface area contributed by atoms with Gasteiger partial charge in [0.25, 0.3) is 0 Å². The fourth-order valence-corrected chi connectivity index (χ4v) is 2.20. The van der Waals surface area contributed by atoms with Gasteiger partial charge in [0.05, 0.1) is 6.54 Å². The predicted octanol–water partition coefficient (Wildman–Crippen LogP) is 2.03. The summed E-state index contributed by atoms with van der Waals surface area (Å²) in [5.74, 6) is 0.135. The molecule has 1 aliphatic heterocycles. The summed E-state index contributed by atoms with van der Waals surface area (Å²) in [6, 6.07) is 8.28. The average molecular weight is 367 g/mol. The van der Waals surface area contributed by atoms with Crippen LogP contribution in [0, 0.1) is 0 Å². The Balaban J connectivity index is 1.56. The number of carbonyl (C=O) groups is 2. The van der Waals surface area contributed by atoms with E-state index < -0.39 is 11.8 Å². The number of rotatable bonds is 3. The van der Waals surface area contributed by atoms with Crippen molar-refractivity contribution in [1.29, 1.82) is 0 Å². The lowest BCUT2D eigenvalue weighted by Crippen LogP contribution is -2.34. The Hall–Kier alpha value is -2.48. The summed E-state index contributed by atoms with van der Waals surface area (Å²) in [7, 11) is 0. The Morgan fingerprint density at radius 3 is 2.68 bits per heavy atom. The molecule has 2 amide bonds. The standard InChI is InChI=1S/C14H11BrN2O5/c15-12-4-2-9(22-12)6-16-13(18)14(19)17-8-1-3-10-11(5-8)21-7-20-10/h1-5H,6-7H2,(H,16,18)(H,17,19). The molecule has 8 heteroatoms. The molecule has 0 radical (unpaired) electrons. The number of hydrogen-bond acceptors (Lipinski definition) is 5. The Morgan fingerprint density at radius 2 is 1.91 bits per heavy atom. The monoisotopic (exact) mass is 366 g/mol. The van der Waals surface area contributed by atoms with E-state index in [9.17, 15) is 9.59 Å². The van der Waals surface area contributed by atoms with Gasteiger partial charge in [-0.1, -0.05) is 0 Å². The Kier molecular flexibility index (Phi) is 4.01. The molecule has 114 valence electrons. The molecule has 0 atom stereocenters. The van der Waals surface area contributed by atoms with Crippen molar-refractivity contribution in [3.8, 4) is 11.5 Å². The molecule has 0 aliphatic carbocycles. The van der Waals surface area contributed by atoms with E-state index >= 15 is 0 Å². The summed E-state index contributed by atoms with van der Waals surface area (Å²) in [4.78, 5) is 23.5. The van der Waals surface area contributed by atoms with Crippen LogP contribution in [0.3, 0.4) is 0 Å². The van der Waals surface area contributed by atoms with Crippen molar-refractivity contribution in [2.75, 3.05) is 12.1 Å². The number of ether oxygens (including phenoxy) is 2. The third-order valence-electron chi connectivity index (χ3n) is 2.89. The van der Waals surface area contributed by atoms with Gasteiger partial charge < -0.3 is 24.5 Å². The molecule has 22 heavy (non-hydrogen) atoms. The van der Waals surface area contributed by atoms with Crippen LogP contribution in [0.15, 0.2) is 39.4 Å². The topological polar surface area (TPSA) is 89.8 Å². The van der Waals surface area contributed by atoms with Crippen molar-refractivity contribution < 1.29 is 23.5 Å². The number of halogens is 1. The van der Waals surface area contributed by atoms with Crippen LogP contribution < -0.4 is 20.1 Å². The van der Waals surface area contributed by atoms with Gasteiger partial charge in [-0.2, -0.15) is 0 Å². The fourth-order valence-electron chi connectivity index (χ4n) is 1.86. The first-order valence-electron chi connectivity index (χ1n) is 6.35. The highest BCUT2D eigenvalue weighted by Crippen LogP contribution is 2.34. The highest BCUT2D eigenvalue weighted by molar-refractivity contribution is 9.10. The van der Waals surface area contributed by atoms with Crippen LogP contribution in [-0.4, -0.2) is 18.6 Å². The lowest BCUT2D eigenvalue weighted by molar-refractivity contribution is -0.136. The van der Waals surface area contributed by atoms with Crippen LogP contribution in [0.2, 0.25) is 0 Å². The highest BCUT2D eigenvalue weighted by Gasteiger charge is 2.17. The molecule has 2 N–H and O–H groups in total. The molecule has 0 fully saturated rings. The van der Waals surface area contributed by atoms with Gasteiger partial charge in [0.2, 0.25) is 6.79 Å². The molecular weight excluding hydrogens is 356 g/mol. The third-order valence-corrected chi connectivity index (χ3v) is 3.31. The molecule has 2 aromatic rings. The molecule has 1 aromatic carbocycles. The average Bonchev–Trinajstić information content (AvgIpc) is 3.12. The van der Waals surface area contributed by atoms with E-state index in [-0.39, 0.29) is 13.3 Å². The highest BCUT2D eigenvalue weighted by atomic mass is 79.9. The minimum Gasteiger partial charge on any atom is -0.454 e.